The molecule has 0 spiro atoms. The van der Waals surface area contributed by atoms with Crippen LogP contribution in [0.25, 0.3) is 0 Å². The Morgan fingerprint density at radius 3 is 2.59 bits per heavy atom. The summed E-state index contributed by atoms with van der Waals surface area (Å²) < 4.78 is 27.8. The number of hydrogen-bond donors (Lipinski definition) is 3. The smallest absolute Gasteiger partial charge is 0.193 e. The lowest BCUT2D eigenvalue weighted by Crippen LogP contribution is -2.52. The molecule has 7 heteroatoms. The van der Waals surface area contributed by atoms with E-state index >= 15 is 0 Å². The summed E-state index contributed by atoms with van der Waals surface area (Å²) in [6.07, 6.45) is 5.95. The highest BCUT2D eigenvalue weighted by Gasteiger charge is 2.57. The first-order valence-electron chi connectivity index (χ1n) is 14.0. The minimum Gasteiger partial charge on any atom is -0.395 e. The second kappa shape index (κ2) is 12.0. The molecule has 2 bridgehead atoms. The van der Waals surface area contributed by atoms with Crippen molar-refractivity contribution in [1.82, 2.24) is 4.90 Å². The van der Waals surface area contributed by atoms with Crippen LogP contribution < -0.4 is 0 Å². The molecule has 0 aromatic heterocycles. The monoisotopic (exact) mass is 541 g/mol. The number of nitrogens with zero attached hydrogens (tertiary/aromatic N) is 1. The van der Waals surface area contributed by atoms with Crippen molar-refractivity contribution in [3.05, 3.63) is 81.9 Å². The van der Waals surface area contributed by atoms with Crippen molar-refractivity contribution in [2.75, 3.05) is 26.7 Å². The zero-order chi connectivity index (χ0) is 28.4. The van der Waals surface area contributed by atoms with E-state index in [2.05, 4.69) is 19.9 Å². The predicted molar refractivity (Wildman–Crippen MR) is 148 cm³/mol. The molecule has 0 saturated heterocycles. The van der Waals surface area contributed by atoms with E-state index in [0.717, 1.165) is 36.1 Å². The second-order valence-corrected chi connectivity index (χ2v) is 11.9. The fourth-order valence-corrected chi connectivity index (χ4v) is 6.69. The molecule has 1 fully saturated rings. The van der Waals surface area contributed by atoms with E-state index in [4.69, 9.17) is 0 Å². The summed E-state index contributed by atoms with van der Waals surface area (Å²) in [5, 5.41) is 32.3. The standard InChI is InChI=1S/C32H41F2NO4/c1-21-5-4-13-31(2)27(12-14-32(31,39)20-35(3)15-16-36)25-10-7-22(17-24(37)9-6-21)18-26(25)30(38)23-8-11-28(33)29(34)19-23/h5,7-8,10-11,18-19,24,27,36-37,39H,4,6,9,12-17,20H2,1-3H3. The molecule has 5 nitrogen and oxygen atoms in total. The van der Waals surface area contributed by atoms with Gasteiger partial charge in [0.25, 0.3) is 0 Å². The normalized spacial score (nSPS) is 27.8. The average Bonchev–Trinajstić information content (AvgIpc) is 3.13. The molecule has 3 aliphatic carbocycles. The van der Waals surface area contributed by atoms with Crippen LogP contribution in [0, 0.1) is 17.0 Å². The molecular weight excluding hydrogens is 500 g/mol. The molecular formula is C32H41F2NO4. The SMILES string of the molecule is CC1=CCCC2(C)C(CCC2(O)CN(C)CCO)c2ccc(cc2C(=O)c2ccc(F)c(F)c2)CC(O)CC1. The molecule has 3 aliphatic rings. The van der Waals surface area contributed by atoms with Crippen LogP contribution in [-0.4, -0.2) is 64.5 Å². The summed E-state index contributed by atoms with van der Waals surface area (Å²) in [6.45, 7) is 4.99. The largest absolute Gasteiger partial charge is 0.395 e. The van der Waals surface area contributed by atoms with E-state index in [-0.39, 0.29) is 18.1 Å². The number of halogens is 2. The number of hydrogen-bond acceptors (Lipinski definition) is 5. The number of ketones is 1. The molecule has 0 amide bonds. The van der Waals surface area contributed by atoms with Crippen molar-refractivity contribution in [2.24, 2.45) is 5.41 Å². The Kier molecular flexibility index (Phi) is 9.06. The number of fused-ring (bicyclic) bond motifs is 8. The third-order valence-corrected chi connectivity index (χ3v) is 9.11. The quantitative estimate of drug-likeness (QED) is 0.348. The van der Waals surface area contributed by atoms with E-state index in [1.54, 1.807) is 6.07 Å². The number of allylic oxidation sites excluding steroid dienone is 2. The highest BCUT2D eigenvalue weighted by molar-refractivity contribution is 6.10. The minimum atomic E-state index is -1.08. The maximum Gasteiger partial charge on any atom is 0.193 e. The zero-order valence-electron chi connectivity index (χ0n) is 23.2. The first kappa shape index (κ1) is 29.5. The number of carbonyl (C=O) groups excluding carboxylic acids is 1. The van der Waals surface area contributed by atoms with E-state index in [0.29, 0.717) is 50.8 Å². The van der Waals surface area contributed by atoms with Gasteiger partial charge in [-0.15, -0.1) is 0 Å². The van der Waals surface area contributed by atoms with Crippen LogP contribution in [0.2, 0.25) is 0 Å². The maximum atomic E-state index is 14.1. The second-order valence-electron chi connectivity index (χ2n) is 11.9. The molecule has 0 heterocycles. The Bertz CT molecular complexity index is 1230. The molecule has 4 unspecified atom stereocenters. The summed E-state index contributed by atoms with van der Waals surface area (Å²) in [7, 11) is 1.89. The lowest BCUT2D eigenvalue weighted by Gasteiger charge is -2.45. The summed E-state index contributed by atoms with van der Waals surface area (Å²) >= 11 is 0. The van der Waals surface area contributed by atoms with Crippen LogP contribution in [0.1, 0.15) is 85.3 Å². The van der Waals surface area contributed by atoms with Crippen LogP contribution in [0.5, 0.6) is 0 Å². The van der Waals surface area contributed by atoms with Crippen molar-refractivity contribution in [3.63, 3.8) is 0 Å². The van der Waals surface area contributed by atoms with E-state index in [1.807, 2.05) is 24.1 Å². The molecule has 0 radical (unpaired) electrons. The highest BCUT2D eigenvalue weighted by Crippen LogP contribution is 2.58. The fourth-order valence-electron chi connectivity index (χ4n) is 6.69. The van der Waals surface area contributed by atoms with Crippen LogP contribution in [0.3, 0.4) is 0 Å². The summed E-state index contributed by atoms with van der Waals surface area (Å²) in [5.41, 5.74) is 1.59. The molecule has 2 aromatic carbocycles. The first-order chi connectivity index (χ1) is 18.5. The third kappa shape index (κ3) is 6.17. The summed E-state index contributed by atoms with van der Waals surface area (Å²) in [4.78, 5) is 15.8. The maximum absolute atomic E-state index is 14.1. The van der Waals surface area contributed by atoms with E-state index < -0.39 is 34.5 Å². The highest BCUT2D eigenvalue weighted by atomic mass is 19.2. The van der Waals surface area contributed by atoms with E-state index in [1.165, 1.54) is 11.6 Å². The van der Waals surface area contributed by atoms with Crippen molar-refractivity contribution < 1.29 is 28.9 Å². The Balaban J connectivity index is 1.85. The molecule has 4 atom stereocenters. The molecule has 1 saturated carbocycles. The molecule has 212 valence electrons. The number of carbonyl (C=O) groups is 1. The molecule has 5 rings (SSSR count). The number of rotatable bonds is 6. The van der Waals surface area contributed by atoms with Gasteiger partial charge >= 0.3 is 0 Å². The number of likely N-dealkylation sites (N-methyl/N-ethyl adjacent to an activating group) is 1. The van der Waals surface area contributed by atoms with Crippen molar-refractivity contribution in [3.8, 4) is 0 Å². The van der Waals surface area contributed by atoms with E-state index in [9.17, 15) is 28.9 Å². The van der Waals surface area contributed by atoms with Gasteiger partial charge in [-0.2, -0.15) is 0 Å². The van der Waals surface area contributed by atoms with Crippen LogP contribution in [-0.2, 0) is 6.42 Å². The summed E-state index contributed by atoms with van der Waals surface area (Å²) in [6, 6.07) is 8.84. The lowest BCUT2D eigenvalue weighted by molar-refractivity contribution is -0.0810. The minimum absolute atomic E-state index is 0.00511. The molecule has 2 aromatic rings. The van der Waals surface area contributed by atoms with Crippen LogP contribution in [0.15, 0.2) is 48.0 Å². The fraction of sp³-hybridized carbons (Fsp3) is 0.531. The van der Waals surface area contributed by atoms with Gasteiger partial charge in [0.2, 0.25) is 0 Å². The third-order valence-electron chi connectivity index (χ3n) is 9.11. The summed E-state index contributed by atoms with van der Waals surface area (Å²) in [5.74, 6) is -2.66. The van der Waals surface area contributed by atoms with Gasteiger partial charge in [0.1, 0.15) is 0 Å². The Morgan fingerprint density at radius 1 is 1.10 bits per heavy atom. The van der Waals surface area contributed by atoms with Crippen molar-refractivity contribution in [2.45, 2.75) is 76.4 Å². The van der Waals surface area contributed by atoms with Crippen LogP contribution in [0.4, 0.5) is 8.78 Å². The molecule has 0 aliphatic heterocycles. The average molecular weight is 542 g/mol. The van der Waals surface area contributed by atoms with Gasteiger partial charge in [-0.25, -0.2) is 8.78 Å². The van der Waals surface area contributed by atoms with Gasteiger partial charge in [0, 0.05) is 29.6 Å². The van der Waals surface area contributed by atoms with Gasteiger partial charge in [0.15, 0.2) is 17.4 Å². The van der Waals surface area contributed by atoms with Crippen molar-refractivity contribution >= 4 is 5.78 Å². The topological polar surface area (TPSA) is 81.0 Å². The molecule has 39 heavy (non-hydrogen) atoms. The van der Waals surface area contributed by atoms with Gasteiger partial charge in [-0.3, -0.25) is 4.79 Å². The number of aliphatic hydroxyl groups excluding tert-OH is 2. The first-order valence-corrected chi connectivity index (χ1v) is 14.0. The Labute approximate surface area is 230 Å². The Morgan fingerprint density at radius 2 is 1.87 bits per heavy atom. The number of benzene rings is 2. The van der Waals surface area contributed by atoms with Gasteiger partial charge in [-0.05, 0) is 100 Å². The molecule has 3 N–H and O–H groups in total. The van der Waals surface area contributed by atoms with Crippen LogP contribution >= 0.6 is 0 Å². The van der Waals surface area contributed by atoms with Gasteiger partial charge in [-0.1, -0.05) is 30.7 Å². The Hall–Kier alpha value is -2.45. The van der Waals surface area contributed by atoms with Gasteiger partial charge in [0.05, 0.1) is 18.3 Å². The zero-order valence-corrected chi connectivity index (χ0v) is 23.2. The number of aliphatic hydroxyl groups is 3. The van der Waals surface area contributed by atoms with Crippen molar-refractivity contribution in [1.29, 1.82) is 0 Å². The van der Waals surface area contributed by atoms with Gasteiger partial charge < -0.3 is 20.2 Å². The lowest BCUT2D eigenvalue weighted by atomic mass is 9.64. The predicted octanol–water partition coefficient (Wildman–Crippen LogP) is 5.16.